The van der Waals surface area contributed by atoms with Crippen molar-refractivity contribution in [3.05, 3.63) is 70.1 Å². The zero-order valence-corrected chi connectivity index (χ0v) is 26.8. The number of phenolic OH excluding ortho intramolecular Hbond substituents is 1. The lowest BCUT2D eigenvalue weighted by atomic mass is 9.56. The minimum Gasteiger partial charge on any atom is -0.508 e. The van der Waals surface area contributed by atoms with Gasteiger partial charge in [0.2, 0.25) is 0 Å². The van der Waals surface area contributed by atoms with Gasteiger partial charge in [0, 0.05) is 32.0 Å². The highest BCUT2D eigenvalue weighted by molar-refractivity contribution is 6.53. The van der Waals surface area contributed by atoms with E-state index in [1.165, 1.54) is 32.5 Å². The summed E-state index contributed by atoms with van der Waals surface area (Å²) in [5, 5.41) is 11.5. The standard InChI is InChI=1S/C31H24Cl3F3N4O6/c1-39-27(45)29(33)11-18-16(23(30(29,34)28(39)46)14-9-13-10-15(42)3-7-20(13)47-12-14)4-5-17-22(18)26(44)41(25(17)43)40(2)24-19(32)6-8-21(38-24)31(35,36)37/h3-4,6-8,10,12,17-18,22-23,42H,5,9,11H2,1-2H3. The highest BCUT2D eigenvalue weighted by Gasteiger charge is 2.76. The first-order valence-electron chi connectivity index (χ1n) is 14.4. The third kappa shape index (κ3) is 4.28. The van der Waals surface area contributed by atoms with Crippen LogP contribution in [0.2, 0.25) is 5.02 Å². The van der Waals surface area contributed by atoms with Gasteiger partial charge < -0.3 is 9.84 Å². The van der Waals surface area contributed by atoms with Crippen molar-refractivity contribution in [1.82, 2.24) is 14.9 Å². The molecule has 47 heavy (non-hydrogen) atoms. The number of aromatic hydroxyl groups is 1. The molecule has 2 aliphatic carbocycles. The fourth-order valence-corrected chi connectivity index (χ4v) is 9.01. The Kier molecular flexibility index (Phi) is 6.99. The van der Waals surface area contributed by atoms with Crippen molar-refractivity contribution in [1.29, 1.82) is 0 Å². The normalized spacial score (nSPS) is 31.5. The number of benzene rings is 1. The van der Waals surface area contributed by atoms with Gasteiger partial charge in [-0.1, -0.05) is 23.3 Å². The molecule has 1 aromatic heterocycles. The van der Waals surface area contributed by atoms with Gasteiger partial charge in [-0.2, -0.15) is 18.2 Å². The number of ether oxygens (including phenoxy) is 1. The molecule has 0 radical (unpaired) electrons. The minimum atomic E-state index is -4.82. The number of rotatable bonds is 3. The molecule has 0 bridgehead atoms. The molecule has 1 N–H and O–H groups in total. The first-order valence-corrected chi connectivity index (χ1v) is 15.6. The molecule has 3 aliphatic heterocycles. The van der Waals surface area contributed by atoms with Crippen LogP contribution in [0, 0.1) is 23.7 Å². The van der Waals surface area contributed by atoms with Crippen molar-refractivity contribution in [3.63, 3.8) is 0 Å². The van der Waals surface area contributed by atoms with Gasteiger partial charge in [0.05, 0.1) is 23.1 Å². The summed E-state index contributed by atoms with van der Waals surface area (Å²) < 4.78 is 46.3. The molecule has 5 aliphatic rings. The number of aromatic nitrogens is 1. The lowest BCUT2D eigenvalue weighted by Crippen LogP contribution is -2.61. The zero-order valence-electron chi connectivity index (χ0n) is 24.5. The number of amides is 4. The van der Waals surface area contributed by atoms with E-state index in [1.54, 1.807) is 12.1 Å². The van der Waals surface area contributed by atoms with Crippen molar-refractivity contribution < 1.29 is 42.2 Å². The average molecular weight is 712 g/mol. The molecule has 1 aromatic carbocycles. The SMILES string of the molecule is CN1C(=O)C2(Cl)CC3C(=CCC4C(=O)N(N(C)c5nc(C(F)(F)F)ccc5Cl)C(=O)C43)C(C3=COc4ccc(O)cc4C3)C2(Cl)C1=O. The van der Waals surface area contributed by atoms with E-state index in [2.05, 4.69) is 4.98 Å². The summed E-state index contributed by atoms with van der Waals surface area (Å²) in [6, 6.07) is 6.18. The van der Waals surface area contributed by atoms with E-state index in [0.717, 1.165) is 16.0 Å². The molecule has 6 unspecified atom stereocenters. The predicted molar refractivity (Wildman–Crippen MR) is 161 cm³/mol. The van der Waals surface area contributed by atoms with Crippen LogP contribution < -0.4 is 9.75 Å². The summed E-state index contributed by atoms with van der Waals surface area (Å²) in [4.78, 5) is 55.9. The summed E-state index contributed by atoms with van der Waals surface area (Å²) in [6.45, 7) is 0. The second-order valence-electron chi connectivity index (χ2n) is 12.3. The quantitative estimate of drug-likeness (QED) is 0.273. The topological polar surface area (TPSA) is 120 Å². The number of halogens is 6. The van der Waals surface area contributed by atoms with Crippen molar-refractivity contribution in [2.24, 2.45) is 23.7 Å². The number of fused-ring (bicyclic) bond motifs is 5. The van der Waals surface area contributed by atoms with Gasteiger partial charge in [0.15, 0.2) is 15.6 Å². The molecule has 246 valence electrons. The maximum Gasteiger partial charge on any atom is 0.433 e. The fourth-order valence-electron chi connectivity index (χ4n) is 7.75. The second kappa shape index (κ2) is 10.3. The van der Waals surface area contributed by atoms with Crippen LogP contribution in [0.4, 0.5) is 19.0 Å². The molecule has 1 saturated carbocycles. The maximum atomic E-state index is 14.2. The van der Waals surface area contributed by atoms with Gasteiger partial charge in [-0.3, -0.25) is 29.1 Å². The van der Waals surface area contributed by atoms with Crippen LogP contribution in [0.5, 0.6) is 11.5 Å². The van der Waals surface area contributed by atoms with Gasteiger partial charge in [0.1, 0.15) is 17.2 Å². The number of hydrazine groups is 1. The van der Waals surface area contributed by atoms with Crippen LogP contribution in [-0.4, -0.2) is 67.5 Å². The van der Waals surface area contributed by atoms with Crippen LogP contribution >= 0.6 is 34.8 Å². The Hall–Kier alpha value is -3.81. The molecular formula is C31H24Cl3F3N4O6. The highest BCUT2D eigenvalue weighted by atomic mass is 35.5. The van der Waals surface area contributed by atoms with E-state index >= 15 is 0 Å². The summed E-state index contributed by atoms with van der Waals surface area (Å²) >= 11 is 20.6. The van der Waals surface area contributed by atoms with Gasteiger partial charge in [0.25, 0.3) is 23.6 Å². The first-order chi connectivity index (χ1) is 22.0. The highest BCUT2D eigenvalue weighted by Crippen LogP contribution is 2.64. The van der Waals surface area contributed by atoms with Gasteiger partial charge >= 0.3 is 6.18 Å². The summed E-state index contributed by atoms with van der Waals surface area (Å²) in [5.41, 5.74) is 0.274. The number of alkyl halides is 5. The molecule has 6 atom stereocenters. The number of pyridine rings is 1. The third-order valence-electron chi connectivity index (χ3n) is 9.86. The largest absolute Gasteiger partial charge is 0.508 e. The summed E-state index contributed by atoms with van der Waals surface area (Å²) in [6.07, 6.45) is -1.78. The van der Waals surface area contributed by atoms with Crippen molar-refractivity contribution in [2.75, 3.05) is 19.1 Å². The molecular weight excluding hydrogens is 688 g/mol. The van der Waals surface area contributed by atoms with Crippen molar-refractivity contribution in [2.45, 2.75) is 35.2 Å². The van der Waals surface area contributed by atoms with Crippen LogP contribution in [0.15, 0.2) is 53.8 Å². The van der Waals surface area contributed by atoms with E-state index in [0.29, 0.717) is 33.5 Å². The molecule has 2 saturated heterocycles. The zero-order chi connectivity index (χ0) is 34.0. The number of likely N-dealkylation sites (tertiary alicyclic amines) is 1. The first kappa shape index (κ1) is 31.8. The molecule has 0 spiro atoms. The Morgan fingerprint density at radius 2 is 1.79 bits per heavy atom. The van der Waals surface area contributed by atoms with Crippen molar-refractivity contribution in [3.8, 4) is 11.5 Å². The van der Waals surface area contributed by atoms with Crippen LogP contribution in [-0.2, 0) is 31.8 Å². The summed E-state index contributed by atoms with van der Waals surface area (Å²) in [5.74, 6) is -7.02. The van der Waals surface area contributed by atoms with E-state index in [4.69, 9.17) is 39.5 Å². The molecule has 16 heteroatoms. The summed E-state index contributed by atoms with van der Waals surface area (Å²) in [7, 11) is 2.47. The maximum absolute atomic E-state index is 14.2. The number of carbonyl (C=O) groups excluding carboxylic acids is 4. The Bertz CT molecular complexity index is 1870. The van der Waals surface area contributed by atoms with E-state index in [-0.39, 0.29) is 30.0 Å². The smallest absolute Gasteiger partial charge is 0.433 e. The molecule has 4 heterocycles. The molecule has 4 amide bonds. The van der Waals surface area contributed by atoms with Crippen LogP contribution in [0.3, 0.4) is 0 Å². The number of anilines is 1. The Morgan fingerprint density at radius 1 is 1.06 bits per heavy atom. The van der Waals surface area contributed by atoms with Gasteiger partial charge in [-0.25, -0.2) is 4.98 Å². The third-order valence-corrected chi connectivity index (χ3v) is 11.6. The Labute approximate surface area is 280 Å². The number of carbonyl (C=O) groups is 4. The Balaban J connectivity index is 1.31. The van der Waals surface area contributed by atoms with Crippen molar-refractivity contribution >= 4 is 64.2 Å². The number of allylic oxidation sites excluding steroid dienone is 3. The van der Waals surface area contributed by atoms with E-state index in [9.17, 15) is 37.5 Å². The van der Waals surface area contributed by atoms with Gasteiger partial charge in [-0.05, 0) is 54.7 Å². The number of nitrogens with zero attached hydrogens (tertiary/aromatic N) is 4. The molecule has 7 rings (SSSR count). The second-order valence-corrected chi connectivity index (χ2v) is 13.9. The predicted octanol–water partition coefficient (Wildman–Crippen LogP) is 4.85. The van der Waals surface area contributed by atoms with E-state index < -0.39 is 74.7 Å². The van der Waals surface area contributed by atoms with Crippen LogP contribution in [0.25, 0.3) is 0 Å². The number of hydrogen-bond donors (Lipinski definition) is 1. The number of imide groups is 2. The Morgan fingerprint density at radius 3 is 2.49 bits per heavy atom. The number of phenols is 1. The fraction of sp³-hybridized carbons (Fsp3) is 0.387. The lowest BCUT2D eigenvalue weighted by Gasteiger charge is -2.51. The molecule has 3 fully saturated rings. The molecule has 10 nitrogen and oxygen atoms in total. The minimum absolute atomic E-state index is 0.0244. The van der Waals surface area contributed by atoms with Gasteiger partial charge in [-0.15, -0.1) is 23.2 Å². The average Bonchev–Trinajstić information content (AvgIpc) is 3.34. The lowest BCUT2D eigenvalue weighted by molar-refractivity contribution is -0.141. The molecule has 2 aromatic rings. The monoisotopic (exact) mass is 710 g/mol. The van der Waals surface area contributed by atoms with E-state index in [1.807, 2.05) is 0 Å². The van der Waals surface area contributed by atoms with Crippen LogP contribution in [0.1, 0.15) is 24.1 Å². The number of hydrogen-bond acceptors (Lipinski definition) is 8.